The van der Waals surface area contributed by atoms with Crippen molar-refractivity contribution in [2.45, 2.75) is 19.8 Å². The Balaban J connectivity index is 1.71. The molecule has 2 aromatic carbocycles. The molecule has 0 unspecified atom stereocenters. The Labute approximate surface area is 130 Å². The number of hydrogen-bond acceptors (Lipinski definition) is 2. The van der Waals surface area contributed by atoms with Crippen LogP contribution in [0.15, 0.2) is 77.4 Å². The molecule has 1 heterocycles. The van der Waals surface area contributed by atoms with Gasteiger partial charge in [0.15, 0.2) is 0 Å². The summed E-state index contributed by atoms with van der Waals surface area (Å²) in [4.78, 5) is 12.5. The highest BCUT2D eigenvalue weighted by Crippen LogP contribution is 2.23. The molecule has 22 heavy (non-hydrogen) atoms. The molecular weight excluding hydrogens is 272 g/mol. The first kappa shape index (κ1) is 14.3. The molecular formula is C19H18N2O. The minimum Gasteiger partial charge on any atom is -0.267 e. The average Bonchev–Trinajstić information content (AvgIpc) is 2.85. The van der Waals surface area contributed by atoms with E-state index < -0.39 is 0 Å². The highest BCUT2D eigenvalue weighted by molar-refractivity contribution is 6.29. The van der Waals surface area contributed by atoms with Crippen molar-refractivity contribution in [1.29, 1.82) is 0 Å². The molecule has 1 amide bonds. The maximum Gasteiger partial charge on any atom is 0.280 e. The van der Waals surface area contributed by atoms with Crippen molar-refractivity contribution in [3.63, 3.8) is 0 Å². The van der Waals surface area contributed by atoms with E-state index in [1.54, 1.807) is 0 Å². The van der Waals surface area contributed by atoms with Crippen molar-refractivity contribution < 1.29 is 4.79 Å². The lowest BCUT2D eigenvalue weighted by Crippen LogP contribution is -2.21. The second-order valence-corrected chi connectivity index (χ2v) is 5.28. The van der Waals surface area contributed by atoms with Crippen molar-refractivity contribution in [2.24, 2.45) is 5.10 Å². The molecule has 3 rings (SSSR count). The third-order valence-corrected chi connectivity index (χ3v) is 3.69. The van der Waals surface area contributed by atoms with Gasteiger partial charge >= 0.3 is 0 Å². The molecule has 110 valence electrons. The van der Waals surface area contributed by atoms with Gasteiger partial charge in [0, 0.05) is 0 Å². The summed E-state index contributed by atoms with van der Waals surface area (Å²) in [5.41, 5.74) is 3.57. The summed E-state index contributed by atoms with van der Waals surface area (Å²) in [5.74, 6) is -0.0447. The Morgan fingerprint density at radius 2 is 1.64 bits per heavy atom. The lowest BCUT2D eigenvalue weighted by Gasteiger charge is -2.10. The van der Waals surface area contributed by atoms with E-state index in [9.17, 15) is 4.79 Å². The van der Waals surface area contributed by atoms with Crippen LogP contribution in [0.3, 0.4) is 0 Å². The first-order valence-electron chi connectivity index (χ1n) is 7.45. The molecule has 0 saturated carbocycles. The van der Waals surface area contributed by atoms with Crippen LogP contribution in [0.2, 0.25) is 0 Å². The van der Waals surface area contributed by atoms with E-state index >= 15 is 0 Å². The number of para-hydroxylation sites is 1. The standard InChI is InChI=1S/C19H18N2O/c1-15-18(14-8-11-16-9-4-2-5-10-16)19(22)21(20-15)17-12-6-3-7-13-17/h2-7,9-10,12-14H,8,11H2,1H3. The summed E-state index contributed by atoms with van der Waals surface area (Å²) in [7, 11) is 0. The van der Waals surface area contributed by atoms with E-state index in [1.165, 1.54) is 10.6 Å². The van der Waals surface area contributed by atoms with E-state index in [0.717, 1.165) is 24.2 Å². The first-order chi connectivity index (χ1) is 10.8. The van der Waals surface area contributed by atoms with Gasteiger partial charge in [0.1, 0.15) is 0 Å². The summed E-state index contributed by atoms with van der Waals surface area (Å²) in [6.07, 6.45) is 3.76. The molecule has 0 aromatic heterocycles. The van der Waals surface area contributed by atoms with Gasteiger partial charge in [0.25, 0.3) is 5.91 Å². The van der Waals surface area contributed by atoms with Gasteiger partial charge < -0.3 is 0 Å². The van der Waals surface area contributed by atoms with Crippen LogP contribution in [0.1, 0.15) is 18.9 Å². The Kier molecular flexibility index (Phi) is 4.15. The minimum atomic E-state index is -0.0447. The summed E-state index contributed by atoms with van der Waals surface area (Å²) in [5, 5.41) is 5.85. The van der Waals surface area contributed by atoms with Crippen molar-refractivity contribution in [1.82, 2.24) is 0 Å². The fraction of sp³-hybridized carbons (Fsp3) is 0.158. The summed E-state index contributed by atoms with van der Waals surface area (Å²) >= 11 is 0. The molecule has 2 aromatic rings. The molecule has 0 atom stereocenters. The van der Waals surface area contributed by atoms with E-state index in [4.69, 9.17) is 0 Å². The van der Waals surface area contributed by atoms with Gasteiger partial charge in [-0.15, -0.1) is 0 Å². The van der Waals surface area contributed by atoms with Crippen LogP contribution >= 0.6 is 0 Å². The van der Waals surface area contributed by atoms with Crippen LogP contribution in [-0.4, -0.2) is 11.6 Å². The topological polar surface area (TPSA) is 32.7 Å². The Morgan fingerprint density at radius 1 is 1.00 bits per heavy atom. The number of allylic oxidation sites excluding steroid dienone is 1. The summed E-state index contributed by atoms with van der Waals surface area (Å²) in [6, 6.07) is 19.8. The van der Waals surface area contributed by atoms with Crippen molar-refractivity contribution in [3.8, 4) is 0 Å². The molecule has 3 heteroatoms. The predicted molar refractivity (Wildman–Crippen MR) is 89.9 cm³/mol. The molecule has 0 fully saturated rings. The molecule has 0 radical (unpaired) electrons. The highest BCUT2D eigenvalue weighted by atomic mass is 16.2. The normalized spacial score (nSPS) is 16.2. The van der Waals surface area contributed by atoms with E-state index in [2.05, 4.69) is 17.2 Å². The molecule has 0 aliphatic carbocycles. The molecule has 1 aliphatic heterocycles. The quantitative estimate of drug-likeness (QED) is 0.784. The van der Waals surface area contributed by atoms with Crippen LogP contribution in [0.5, 0.6) is 0 Å². The van der Waals surface area contributed by atoms with Crippen molar-refractivity contribution in [2.75, 3.05) is 5.01 Å². The smallest absolute Gasteiger partial charge is 0.267 e. The number of benzene rings is 2. The van der Waals surface area contributed by atoms with Gasteiger partial charge in [-0.2, -0.15) is 10.1 Å². The lowest BCUT2D eigenvalue weighted by atomic mass is 10.1. The zero-order valence-electron chi connectivity index (χ0n) is 12.6. The molecule has 1 aliphatic rings. The highest BCUT2D eigenvalue weighted by Gasteiger charge is 2.27. The zero-order chi connectivity index (χ0) is 15.4. The van der Waals surface area contributed by atoms with Crippen LogP contribution in [0.4, 0.5) is 5.69 Å². The number of amides is 1. The van der Waals surface area contributed by atoms with Gasteiger partial charge in [-0.3, -0.25) is 4.79 Å². The number of hydrazone groups is 1. The number of anilines is 1. The molecule has 0 N–H and O–H groups in total. The number of rotatable bonds is 4. The zero-order valence-corrected chi connectivity index (χ0v) is 12.6. The molecule has 0 saturated heterocycles. The largest absolute Gasteiger partial charge is 0.280 e. The fourth-order valence-corrected chi connectivity index (χ4v) is 2.53. The summed E-state index contributed by atoms with van der Waals surface area (Å²) < 4.78 is 0. The van der Waals surface area contributed by atoms with Crippen LogP contribution < -0.4 is 5.01 Å². The monoisotopic (exact) mass is 290 g/mol. The van der Waals surface area contributed by atoms with Gasteiger partial charge in [0.2, 0.25) is 0 Å². The number of aryl methyl sites for hydroxylation is 1. The second kappa shape index (κ2) is 6.39. The summed E-state index contributed by atoms with van der Waals surface area (Å²) in [6.45, 7) is 1.88. The predicted octanol–water partition coefficient (Wildman–Crippen LogP) is 3.97. The molecule has 0 bridgehead atoms. The van der Waals surface area contributed by atoms with E-state index in [1.807, 2.05) is 61.5 Å². The van der Waals surface area contributed by atoms with E-state index in [0.29, 0.717) is 5.57 Å². The Morgan fingerprint density at radius 3 is 2.32 bits per heavy atom. The maximum atomic E-state index is 12.5. The van der Waals surface area contributed by atoms with Gasteiger partial charge in [-0.05, 0) is 37.5 Å². The van der Waals surface area contributed by atoms with Crippen LogP contribution in [0, 0.1) is 0 Å². The fourth-order valence-electron chi connectivity index (χ4n) is 2.53. The molecule has 0 spiro atoms. The third kappa shape index (κ3) is 2.98. The number of carbonyl (C=O) groups is 1. The molecule has 3 nitrogen and oxygen atoms in total. The van der Waals surface area contributed by atoms with Gasteiger partial charge in [0.05, 0.1) is 17.0 Å². The minimum absolute atomic E-state index is 0.0447. The van der Waals surface area contributed by atoms with Gasteiger partial charge in [-0.25, -0.2) is 0 Å². The third-order valence-electron chi connectivity index (χ3n) is 3.69. The van der Waals surface area contributed by atoms with Gasteiger partial charge in [-0.1, -0.05) is 54.6 Å². The SMILES string of the molecule is CC1=NN(c2ccccc2)C(=O)C1=CCCc1ccccc1. The number of hydrogen-bond donors (Lipinski definition) is 0. The van der Waals surface area contributed by atoms with Crippen LogP contribution in [0.25, 0.3) is 0 Å². The lowest BCUT2D eigenvalue weighted by molar-refractivity contribution is -0.114. The maximum absolute atomic E-state index is 12.5. The van der Waals surface area contributed by atoms with Crippen molar-refractivity contribution in [3.05, 3.63) is 77.9 Å². The average molecular weight is 290 g/mol. The Bertz CT molecular complexity index is 718. The van der Waals surface area contributed by atoms with Crippen molar-refractivity contribution >= 4 is 17.3 Å². The van der Waals surface area contributed by atoms with Crippen LogP contribution in [-0.2, 0) is 11.2 Å². The number of carbonyl (C=O) groups excluding carboxylic acids is 1. The number of nitrogens with zero attached hydrogens (tertiary/aromatic N) is 2. The Hall–Kier alpha value is -2.68. The second-order valence-electron chi connectivity index (χ2n) is 5.28. The van der Waals surface area contributed by atoms with E-state index in [-0.39, 0.29) is 5.91 Å². The first-order valence-corrected chi connectivity index (χ1v) is 7.45.